The molecule has 9 N–H and O–H groups in total. The van der Waals surface area contributed by atoms with Gasteiger partial charge in [-0.1, -0.05) is 48.5 Å². The number of para-hydroxylation sites is 1. The van der Waals surface area contributed by atoms with Crippen molar-refractivity contribution in [3.63, 3.8) is 0 Å². The van der Waals surface area contributed by atoms with Crippen LogP contribution in [0.4, 0.5) is 0 Å². The van der Waals surface area contributed by atoms with Crippen molar-refractivity contribution in [3.05, 3.63) is 71.9 Å². The standard InChI is InChI=1S/C28H31N5O9/c29-18(12-23(34)35)25(38)31-20(11-16-14-30-19-9-5-4-8-17(16)19)26(39)32-21(13-24(36)37)27(40)33-22(28(41)42)10-15-6-2-1-3-7-15/h1-9,14,18,20-22,30H,10-13,29H2,(H,31,38)(H,32,39)(H,33,40)(H,34,35)(H,36,37)(H,41,42). The quantitative estimate of drug-likeness (QED) is 0.117. The summed E-state index contributed by atoms with van der Waals surface area (Å²) >= 11 is 0. The second kappa shape index (κ2) is 14.4. The maximum atomic E-state index is 13.4. The third-order valence-electron chi connectivity index (χ3n) is 6.37. The molecule has 0 aliphatic rings. The average Bonchev–Trinajstić information content (AvgIpc) is 3.34. The van der Waals surface area contributed by atoms with Crippen LogP contribution in [0.3, 0.4) is 0 Å². The van der Waals surface area contributed by atoms with E-state index in [9.17, 15) is 39.0 Å². The number of carbonyl (C=O) groups excluding carboxylic acids is 3. The molecule has 1 aromatic heterocycles. The topological polar surface area (TPSA) is 241 Å². The minimum absolute atomic E-state index is 0.101. The van der Waals surface area contributed by atoms with E-state index in [0.717, 1.165) is 10.9 Å². The Labute approximate surface area is 239 Å². The number of carboxylic acid groups (broad SMARTS) is 3. The van der Waals surface area contributed by atoms with Crippen LogP contribution < -0.4 is 21.7 Å². The van der Waals surface area contributed by atoms with Gasteiger partial charge < -0.3 is 42.0 Å². The lowest BCUT2D eigenvalue weighted by molar-refractivity contribution is -0.143. The number of amides is 3. The Balaban J connectivity index is 1.83. The van der Waals surface area contributed by atoms with E-state index in [1.54, 1.807) is 60.8 Å². The first kappa shape index (κ1) is 31.3. The molecule has 0 saturated carbocycles. The van der Waals surface area contributed by atoms with Gasteiger partial charge in [-0.2, -0.15) is 0 Å². The highest BCUT2D eigenvalue weighted by Crippen LogP contribution is 2.19. The molecule has 0 bridgehead atoms. The van der Waals surface area contributed by atoms with Gasteiger partial charge >= 0.3 is 17.9 Å². The van der Waals surface area contributed by atoms with E-state index < -0.39 is 72.6 Å². The lowest BCUT2D eigenvalue weighted by atomic mass is 10.0. The van der Waals surface area contributed by atoms with Crippen molar-refractivity contribution in [2.45, 2.75) is 49.9 Å². The number of aromatic nitrogens is 1. The fourth-order valence-electron chi connectivity index (χ4n) is 4.27. The van der Waals surface area contributed by atoms with Crippen molar-refractivity contribution < 1.29 is 44.1 Å². The van der Waals surface area contributed by atoms with Crippen LogP contribution in [-0.2, 0) is 41.6 Å². The number of H-pyrrole nitrogens is 1. The molecule has 3 rings (SSSR count). The smallest absolute Gasteiger partial charge is 0.326 e. The molecular weight excluding hydrogens is 550 g/mol. The molecule has 2 aromatic carbocycles. The fourth-order valence-corrected chi connectivity index (χ4v) is 4.27. The third-order valence-corrected chi connectivity index (χ3v) is 6.37. The first-order valence-corrected chi connectivity index (χ1v) is 12.9. The van der Waals surface area contributed by atoms with Gasteiger partial charge in [-0.15, -0.1) is 0 Å². The van der Waals surface area contributed by atoms with Crippen molar-refractivity contribution in [2.24, 2.45) is 5.73 Å². The molecule has 14 nitrogen and oxygen atoms in total. The molecule has 0 radical (unpaired) electrons. The monoisotopic (exact) mass is 581 g/mol. The van der Waals surface area contributed by atoms with E-state index in [1.165, 1.54) is 0 Å². The SMILES string of the molecule is NC(CC(=O)O)C(=O)NC(Cc1c[nH]c2ccccc12)C(=O)NC(CC(=O)O)C(=O)NC(Cc1ccccc1)C(=O)O. The summed E-state index contributed by atoms with van der Waals surface area (Å²) in [4.78, 5) is 76.6. The number of benzene rings is 2. The van der Waals surface area contributed by atoms with Gasteiger partial charge in [0.15, 0.2) is 0 Å². The van der Waals surface area contributed by atoms with E-state index in [1.807, 2.05) is 0 Å². The molecule has 0 saturated heterocycles. The minimum Gasteiger partial charge on any atom is -0.481 e. The summed E-state index contributed by atoms with van der Waals surface area (Å²) in [5.74, 6) is -7.14. The number of carboxylic acids is 3. The van der Waals surface area contributed by atoms with E-state index >= 15 is 0 Å². The Bertz CT molecular complexity index is 1460. The zero-order chi connectivity index (χ0) is 30.8. The van der Waals surface area contributed by atoms with E-state index in [0.29, 0.717) is 11.1 Å². The number of hydrogen-bond acceptors (Lipinski definition) is 7. The van der Waals surface area contributed by atoms with Crippen molar-refractivity contribution in [1.29, 1.82) is 0 Å². The van der Waals surface area contributed by atoms with Gasteiger partial charge in [0.1, 0.15) is 18.1 Å². The van der Waals surface area contributed by atoms with Crippen LogP contribution in [0, 0.1) is 0 Å². The molecule has 3 amide bonds. The van der Waals surface area contributed by atoms with Crippen molar-refractivity contribution in [1.82, 2.24) is 20.9 Å². The van der Waals surface area contributed by atoms with E-state index in [4.69, 9.17) is 10.8 Å². The van der Waals surface area contributed by atoms with E-state index in [2.05, 4.69) is 20.9 Å². The molecule has 0 aliphatic heterocycles. The second-order valence-corrected chi connectivity index (χ2v) is 9.58. The Morgan fingerprint density at radius 3 is 1.90 bits per heavy atom. The highest BCUT2D eigenvalue weighted by atomic mass is 16.4. The molecule has 0 aliphatic carbocycles. The number of nitrogens with two attached hydrogens (primary N) is 1. The van der Waals surface area contributed by atoms with Crippen LogP contribution in [0.15, 0.2) is 60.8 Å². The third kappa shape index (κ3) is 8.89. The summed E-state index contributed by atoms with van der Waals surface area (Å²) in [5, 5.41) is 35.7. The van der Waals surface area contributed by atoms with Gasteiger partial charge in [0.25, 0.3) is 0 Å². The van der Waals surface area contributed by atoms with Gasteiger partial charge in [0.2, 0.25) is 17.7 Å². The van der Waals surface area contributed by atoms with E-state index in [-0.39, 0.29) is 12.8 Å². The molecular formula is C28H31N5O9. The van der Waals surface area contributed by atoms with Crippen molar-refractivity contribution in [3.8, 4) is 0 Å². The maximum absolute atomic E-state index is 13.4. The zero-order valence-corrected chi connectivity index (χ0v) is 22.3. The number of nitrogens with one attached hydrogen (secondary N) is 4. The molecule has 4 atom stereocenters. The molecule has 0 spiro atoms. The number of rotatable bonds is 15. The minimum atomic E-state index is -1.71. The second-order valence-electron chi connectivity index (χ2n) is 9.58. The summed E-state index contributed by atoms with van der Waals surface area (Å²) in [5.41, 5.74) is 7.59. The van der Waals surface area contributed by atoms with Gasteiger partial charge in [-0.3, -0.25) is 24.0 Å². The van der Waals surface area contributed by atoms with Crippen molar-refractivity contribution in [2.75, 3.05) is 0 Å². The van der Waals surface area contributed by atoms with Crippen LogP contribution >= 0.6 is 0 Å². The normalized spacial score (nSPS) is 13.7. The highest BCUT2D eigenvalue weighted by molar-refractivity contribution is 5.96. The van der Waals surface area contributed by atoms with Crippen LogP contribution in [0.1, 0.15) is 24.0 Å². The fraction of sp³-hybridized carbons (Fsp3) is 0.286. The molecule has 4 unspecified atom stereocenters. The van der Waals surface area contributed by atoms with Gasteiger partial charge in [0, 0.05) is 29.9 Å². The van der Waals surface area contributed by atoms with Gasteiger partial charge in [-0.25, -0.2) is 4.79 Å². The number of fused-ring (bicyclic) bond motifs is 1. The van der Waals surface area contributed by atoms with Crippen LogP contribution in [0.2, 0.25) is 0 Å². The largest absolute Gasteiger partial charge is 0.481 e. The predicted molar refractivity (Wildman–Crippen MR) is 148 cm³/mol. The Kier molecular flexibility index (Phi) is 10.7. The average molecular weight is 582 g/mol. The molecule has 1 heterocycles. The number of aromatic amines is 1. The summed E-state index contributed by atoms with van der Waals surface area (Å²) in [6.07, 6.45) is -0.224. The number of hydrogen-bond donors (Lipinski definition) is 8. The van der Waals surface area contributed by atoms with Crippen LogP contribution in [0.25, 0.3) is 10.9 Å². The zero-order valence-electron chi connectivity index (χ0n) is 22.3. The van der Waals surface area contributed by atoms with Crippen LogP contribution in [0.5, 0.6) is 0 Å². The maximum Gasteiger partial charge on any atom is 0.326 e. The Morgan fingerprint density at radius 1 is 0.690 bits per heavy atom. The molecule has 222 valence electrons. The summed E-state index contributed by atoms with van der Waals surface area (Å²) in [6, 6.07) is 9.51. The van der Waals surface area contributed by atoms with Crippen molar-refractivity contribution >= 4 is 46.5 Å². The number of carbonyl (C=O) groups is 6. The highest BCUT2D eigenvalue weighted by Gasteiger charge is 2.32. The van der Waals surface area contributed by atoms with Crippen LogP contribution in [-0.4, -0.2) is 80.1 Å². The molecule has 42 heavy (non-hydrogen) atoms. The predicted octanol–water partition coefficient (Wildman–Crippen LogP) is -0.231. The number of aliphatic carboxylic acids is 3. The molecule has 0 fully saturated rings. The Hall–Kier alpha value is -5.24. The first-order valence-electron chi connectivity index (χ1n) is 12.9. The molecule has 3 aromatic rings. The summed E-state index contributed by atoms with van der Waals surface area (Å²) < 4.78 is 0. The van der Waals surface area contributed by atoms with Gasteiger partial charge in [0.05, 0.1) is 18.9 Å². The lowest BCUT2D eigenvalue weighted by Crippen LogP contribution is -2.58. The summed E-state index contributed by atoms with van der Waals surface area (Å²) in [7, 11) is 0. The molecule has 14 heteroatoms. The Morgan fingerprint density at radius 2 is 1.26 bits per heavy atom. The summed E-state index contributed by atoms with van der Waals surface area (Å²) in [6.45, 7) is 0. The van der Waals surface area contributed by atoms with Gasteiger partial charge in [-0.05, 0) is 17.2 Å². The first-order chi connectivity index (χ1) is 19.9. The lowest BCUT2D eigenvalue weighted by Gasteiger charge is -2.24.